The minimum absolute atomic E-state index is 0.0365. The Bertz CT molecular complexity index is 374. The van der Waals surface area contributed by atoms with Crippen LogP contribution in [0.15, 0.2) is 15.9 Å². The topological polar surface area (TPSA) is 40.5 Å². The number of hydrogen-bond acceptors (Lipinski definition) is 3. The van der Waals surface area contributed by atoms with Crippen molar-refractivity contribution >= 4 is 33.2 Å². The molecule has 1 saturated heterocycles. The maximum absolute atomic E-state index is 10.9. The summed E-state index contributed by atoms with van der Waals surface area (Å²) in [6.07, 6.45) is 2.55. The van der Waals surface area contributed by atoms with Crippen molar-refractivity contribution < 1.29 is 9.90 Å². The van der Waals surface area contributed by atoms with E-state index in [2.05, 4.69) is 20.8 Å². The second-order valence-corrected chi connectivity index (χ2v) is 5.79. The predicted octanol–water partition coefficient (Wildman–Crippen LogP) is 3.12. The van der Waals surface area contributed by atoms with Crippen LogP contribution in [0.2, 0.25) is 0 Å². The Kier molecular flexibility index (Phi) is 4.00. The zero-order chi connectivity index (χ0) is 11.5. The zero-order valence-corrected chi connectivity index (χ0v) is 11.3. The van der Waals surface area contributed by atoms with E-state index in [1.807, 2.05) is 11.4 Å². The Morgan fingerprint density at radius 1 is 1.56 bits per heavy atom. The van der Waals surface area contributed by atoms with Crippen LogP contribution < -0.4 is 0 Å². The maximum atomic E-state index is 10.9. The Morgan fingerprint density at radius 2 is 2.25 bits per heavy atom. The Labute approximate surface area is 107 Å². The monoisotopic (exact) mass is 303 g/mol. The van der Waals surface area contributed by atoms with Gasteiger partial charge in [-0.2, -0.15) is 0 Å². The molecule has 3 nitrogen and oxygen atoms in total. The van der Waals surface area contributed by atoms with E-state index in [4.69, 9.17) is 5.11 Å². The molecular formula is C11H14BrNO2S. The second-order valence-electron chi connectivity index (χ2n) is 3.99. The number of aliphatic carboxylic acids is 1. The van der Waals surface area contributed by atoms with Crippen molar-refractivity contribution in [2.24, 2.45) is 0 Å². The van der Waals surface area contributed by atoms with Gasteiger partial charge < -0.3 is 5.11 Å². The highest BCUT2D eigenvalue weighted by atomic mass is 79.9. The van der Waals surface area contributed by atoms with Crippen LogP contribution >= 0.6 is 27.3 Å². The summed E-state index contributed by atoms with van der Waals surface area (Å²) in [6.45, 7) is 2.03. The lowest BCUT2D eigenvalue weighted by Crippen LogP contribution is -2.27. The molecule has 0 amide bonds. The summed E-state index contributed by atoms with van der Waals surface area (Å²) in [6, 6.07) is 2.03. The average Bonchev–Trinajstić information content (AvgIpc) is 2.84. The molecule has 0 radical (unpaired) electrons. The van der Waals surface area contributed by atoms with E-state index in [0.717, 1.165) is 22.4 Å². The molecule has 0 aromatic carbocycles. The molecule has 0 aliphatic carbocycles. The highest BCUT2D eigenvalue weighted by molar-refractivity contribution is 9.10. The summed E-state index contributed by atoms with van der Waals surface area (Å²) < 4.78 is 1.04. The SMILES string of the molecule is O=C(O)CC(c1sccc1Br)N1CCCC1. The fraction of sp³-hybridized carbons (Fsp3) is 0.545. The van der Waals surface area contributed by atoms with Crippen LogP contribution in [0.4, 0.5) is 0 Å². The number of carboxylic acid groups (broad SMARTS) is 1. The predicted molar refractivity (Wildman–Crippen MR) is 67.8 cm³/mol. The summed E-state index contributed by atoms with van der Waals surface area (Å²) in [5.74, 6) is -0.725. The van der Waals surface area contributed by atoms with Gasteiger partial charge in [0.15, 0.2) is 0 Å². The van der Waals surface area contributed by atoms with E-state index in [0.29, 0.717) is 0 Å². The smallest absolute Gasteiger partial charge is 0.305 e. The third kappa shape index (κ3) is 2.64. The molecule has 1 aliphatic heterocycles. The average molecular weight is 304 g/mol. The van der Waals surface area contributed by atoms with Crippen LogP contribution in [-0.2, 0) is 4.79 Å². The van der Waals surface area contributed by atoms with Gasteiger partial charge in [0.2, 0.25) is 0 Å². The van der Waals surface area contributed by atoms with E-state index >= 15 is 0 Å². The van der Waals surface area contributed by atoms with Crippen LogP contribution in [0.1, 0.15) is 30.2 Å². The van der Waals surface area contributed by atoms with Crippen molar-refractivity contribution in [2.45, 2.75) is 25.3 Å². The van der Waals surface area contributed by atoms with E-state index < -0.39 is 5.97 Å². The van der Waals surface area contributed by atoms with Gasteiger partial charge in [0, 0.05) is 9.35 Å². The minimum atomic E-state index is -0.725. The zero-order valence-electron chi connectivity index (χ0n) is 8.86. The summed E-state index contributed by atoms with van der Waals surface area (Å²) in [7, 11) is 0. The summed E-state index contributed by atoms with van der Waals surface area (Å²) >= 11 is 5.13. The quantitative estimate of drug-likeness (QED) is 0.929. The van der Waals surface area contributed by atoms with Crippen LogP contribution in [-0.4, -0.2) is 29.1 Å². The standard InChI is InChI=1S/C11H14BrNO2S/c12-8-3-6-16-11(8)9(7-10(14)15)13-4-1-2-5-13/h3,6,9H,1-2,4-5,7H2,(H,14,15). The van der Waals surface area contributed by atoms with Gasteiger partial charge >= 0.3 is 5.97 Å². The van der Waals surface area contributed by atoms with Crippen molar-refractivity contribution in [1.29, 1.82) is 0 Å². The van der Waals surface area contributed by atoms with Gasteiger partial charge in [-0.25, -0.2) is 0 Å². The van der Waals surface area contributed by atoms with Gasteiger partial charge in [-0.15, -0.1) is 11.3 Å². The van der Waals surface area contributed by atoms with E-state index in [1.54, 1.807) is 11.3 Å². The lowest BCUT2D eigenvalue weighted by Gasteiger charge is -2.25. The van der Waals surface area contributed by atoms with Crippen molar-refractivity contribution in [3.8, 4) is 0 Å². The molecule has 1 aromatic heterocycles. The van der Waals surface area contributed by atoms with Crippen LogP contribution in [0.5, 0.6) is 0 Å². The van der Waals surface area contributed by atoms with Crippen molar-refractivity contribution in [3.63, 3.8) is 0 Å². The molecule has 1 aromatic rings. The van der Waals surface area contributed by atoms with Crippen LogP contribution in [0.25, 0.3) is 0 Å². The summed E-state index contributed by atoms with van der Waals surface area (Å²) in [5, 5.41) is 11.0. The number of likely N-dealkylation sites (tertiary alicyclic amines) is 1. The lowest BCUT2D eigenvalue weighted by molar-refractivity contribution is -0.138. The van der Waals surface area contributed by atoms with E-state index in [1.165, 1.54) is 12.8 Å². The first-order valence-corrected chi connectivity index (χ1v) is 7.04. The molecule has 2 heterocycles. The molecule has 0 bridgehead atoms. The number of carboxylic acids is 1. The van der Waals surface area contributed by atoms with E-state index in [-0.39, 0.29) is 12.5 Å². The number of carbonyl (C=O) groups is 1. The fourth-order valence-electron chi connectivity index (χ4n) is 2.15. The second kappa shape index (κ2) is 5.29. The lowest BCUT2D eigenvalue weighted by atomic mass is 10.1. The molecule has 5 heteroatoms. The maximum Gasteiger partial charge on any atom is 0.305 e. The number of hydrogen-bond donors (Lipinski definition) is 1. The molecule has 1 aliphatic rings. The van der Waals surface area contributed by atoms with Crippen molar-refractivity contribution in [3.05, 3.63) is 20.8 Å². The third-order valence-electron chi connectivity index (χ3n) is 2.90. The molecular weight excluding hydrogens is 290 g/mol. The molecule has 0 saturated carbocycles. The van der Waals surface area contributed by atoms with Gasteiger partial charge in [0.1, 0.15) is 0 Å². The Hall–Kier alpha value is -0.390. The highest BCUT2D eigenvalue weighted by Crippen LogP contribution is 2.36. The summed E-state index contributed by atoms with van der Waals surface area (Å²) in [4.78, 5) is 14.4. The van der Waals surface area contributed by atoms with Gasteiger partial charge in [-0.05, 0) is 53.3 Å². The minimum Gasteiger partial charge on any atom is -0.481 e. The number of rotatable bonds is 4. The first-order chi connectivity index (χ1) is 7.68. The first kappa shape index (κ1) is 12.1. The fourth-order valence-corrected chi connectivity index (χ4v) is 3.92. The molecule has 1 N–H and O–H groups in total. The molecule has 1 unspecified atom stereocenters. The largest absolute Gasteiger partial charge is 0.481 e. The highest BCUT2D eigenvalue weighted by Gasteiger charge is 2.27. The molecule has 1 atom stereocenters. The molecule has 16 heavy (non-hydrogen) atoms. The summed E-state index contributed by atoms with van der Waals surface area (Å²) in [5.41, 5.74) is 0. The van der Waals surface area contributed by atoms with Crippen LogP contribution in [0, 0.1) is 0 Å². The number of thiophene rings is 1. The Balaban J connectivity index is 2.20. The van der Waals surface area contributed by atoms with Gasteiger partial charge in [0.25, 0.3) is 0 Å². The molecule has 88 valence electrons. The first-order valence-electron chi connectivity index (χ1n) is 5.37. The molecule has 1 fully saturated rings. The number of nitrogens with zero attached hydrogens (tertiary/aromatic N) is 1. The normalized spacial score (nSPS) is 18.8. The van der Waals surface area contributed by atoms with Gasteiger partial charge in [-0.1, -0.05) is 0 Å². The molecule has 0 spiro atoms. The molecule has 2 rings (SSSR count). The van der Waals surface area contributed by atoms with Crippen molar-refractivity contribution in [1.82, 2.24) is 4.90 Å². The van der Waals surface area contributed by atoms with Gasteiger partial charge in [0.05, 0.1) is 12.5 Å². The Morgan fingerprint density at radius 3 is 2.75 bits per heavy atom. The third-order valence-corrected chi connectivity index (χ3v) is 4.87. The van der Waals surface area contributed by atoms with Gasteiger partial charge in [-0.3, -0.25) is 9.69 Å². The van der Waals surface area contributed by atoms with E-state index in [9.17, 15) is 4.79 Å². The van der Waals surface area contributed by atoms with Crippen molar-refractivity contribution in [2.75, 3.05) is 13.1 Å². The number of halogens is 1. The van der Waals surface area contributed by atoms with Crippen LogP contribution in [0.3, 0.4) is 0 Å².